The van der Waals surface area contributed by atoms with Crippen molar-refractivity contribution in [1.29, 1.82) is 0 Å². The van der Waals surface area contributed by atoms with Crippen LogP contribution in [0.25, 0.3) is 0 Å². The molecule has 1 unspecified atom stereocenters. The maximum Gasteiger partial charge on any atom is 0.389 e. The van der Waals surface area contributed by atoms with E-state index in [1.165, 1.54) is 0 Å². The molecule has 0 aliphatic rings. The predicted octanol–water partition coefficient (Wildman–Crippen LogP) is 5.11. The Morgan fingerprint density at radius 3 is 2.63 bits per heavy atom. The molecule has 1 N–H and O–H groups in total. The monoisotopic (exact) mass is 293 g/mol. The summed E-state index contributed by atoms with van der Waals surface area (Å²) in [5.74, 6) is 0. The molecule has 0 amide bonds. The smallest absolute Gasteiger partial charge is 0.310 e. The van der Waals surface area contributed by atoms with Crippen molar-refractivity contribution in [3.05, 3.63) is 34.9 Å². The third-order valence-electron chi connectivity index (χ3n) is 2.84. The molecule has 0 spiro atoms. The molecule has 0 saturated carbocycles. The Kier molecular flexibility index (Phi) is 6.66. The topological polar surface area (TPSA) is 12.0 Å². The predicted molar refractivity (Wildman–Crippen MR) is 72.4 cm³/mol. The minimum absolute atomic E-state index is 0.0685. The van der Waals surface area contributed by atoms with E-state index in [0.717, 1.165) is 18.5 Å². The van der Waals surface area contributed by atoms with Gasteiger partial charge in [-0.2, -0.15) is 13.2 Å². The Morgan fingerprint density at radius 2 is 2.05 bits per heavy atom. The highest BCUT2D eigenvalue weighted by molar-refractivity contribution is 6.30. The average Bonchev–Trinajstić information content (AvgIpc) is 2.32. The first-order valence-electron chi connectivity index (χ1n) is 6.48. The van der Waals surface area contributed by atoms with Crippen molar-refractivity contribution < 1.29 is 13.2 Å². The number of nitrogens with one attached hydrogen (secondary N) is 1. The van der Waals surface area contributed by atoms with E-state index in [9.17, 15) is 13.2 Å². The fourth-order valence-corrected chi connectivity index (χ4v) is 2.13. The summed E-state index contributed by atoms with van der Waals surface area (Å²) in [6.07, 6.45) is -3.30. The van der Waals surface area contributed by atoms with Gasteiger partial charge in [0, 0.05) is 17.5 Å². The molecule has 1 nitrogen and oxygen atoms in total. The van der Waals surface area contributed by atoms with Crippen LogP contribution in [0.2, 0.25) is 5.02 Å². The van der Waals surface area contributed by atoms with Gasteiger partial charge in [0.05, 0.1) is 0 Å². The van der Waals surface area contributed by atoms with Crippen LogP contribution in [0.4, 0.5) is 13.2 Å². The zero-order valence-corrected chi connectivity index (χ0v) is 11.7. The maximum absolute atomic E-state index is 12.2. The minimum atomic E-state index is -4.08. The van der Waals surface area contributed by atoms with Crippen LogP contribution < -0.4 is 5.32 Å². The van der Waals surface area contributed by atoms with Crippen LogP contribution >= 0.6 is 11.6 Å². The van der Waals surface area contributed by atoms with Crippen LogP contribution in [0.5, 0.6) is 0 Å². The van der Waals surface area contributed by atoms with Crippen molar-refractivity contribution in [3.63, 3.8) is 0 Å². The summed E-state index contributed by atoms with van der Waals surface area (Å²) in [7, 11) is 0. The highest BCUT2D eigenvalue weighted by Crippen LogP contribution is 2.27. The van der Waals surface area contributed by atoms with E-state index in [1.807, 2.05) is 25.1 Å². The molecule has 0 saturated heterocycles. The zero-order valence-electron chi connectivity index (χ0n) is 10.9. The number of rotatable bonds is 7. The van der Waals surface area contributed by atoms with Crippen molar-refractivity contribution in [1.82, 2.24) is 5.32 Å². The Bertz CT molecular complexity index is 379. The lowest BCUT2D eigenvalue weighted by Gasteiger charge is -2.19. The number of halogens is 4. The molecule has 108 valence electrons. The molecule has 0 aliphatic heterocycles. The number of benzene rings is 1. The third kappa shape index (κ3) is 6.83. The minimum Gasteiger partial charge on any atom is -0.310 e. The van der Waals surface area contributed by atoms with Gasteiger partial charge in [-0.25, -0.2) is 0 Å². The van der Waals surface area contributed by atoms with Gasteiger partial charge in [0.25, 0.3) is 0 Å². The molecule has 19 heavy (non-hydrogen) atoms. The molecule has 0 bridgehead atoms. The van der Waals surface area contributed by atoms with Crippen molar-refractivity contribution in [2.45, 2.75) is 44.8 Å². The van der Waals surface area contributed by atoms with Crippen LogP contribution in [0, 0.1) is 0 Å². The molecule has 5 heteroatoms. The van der Waals surface area contributed by atoms with E-state index in [4.69, 9.17) is 11.6 Å². The Labute approximate surface area is 117 Å². The van der Waals surface area contributed by atoms with Gasteiger partial charge in [-0.1, -0.05) is 30.7 Å². The average molecular weight is 294 g/mol. The van der Waals surface area contributed by atoms with Gasteiger partial charge in [0.15, 0.2) is 0 Å². The van der Waals surface area contributed by atoms with E-state index in [-0.39, 0.29) is 12.5 Å². The normalized spacial score (nSPS) is 13.5. The van der Waals surface area contributed by atoms with Crippen LogP contribution in [0.3, 0.4) is 0 Å². The van der Waals surface area contributed by atoms with E-state index in [0.29, 0.717) is 11.4 Å². The van der Waals surface area contributed by atoms with E-state index < -0.39 is 12.6 Å². The molecule has 1 aromatic carbocycles. The third-order valence-corrected chi connectivity index (χ3v) is 3.08. The molecular weight excluding hydrogens is 275 g/mol. The Hall–Kier alpha value is -0.740. The van der Waals surface area contributed by atoms with Gasteiger partial charge in [-0.15, -0.1) is 0 Å². The highest BCUT2D eigenvalue weighted by atomic mass is 35.5. The molecule has 0 aliphatic carbocycles. The lowest BCUT2D eigenvalue weighted by Crippen LogP contribution is -2.22. The van der Waals surface area contributed by atoms with E-state index in [1.54, 1.807) is 6.07 Å². The largest absolute Gasteiger partial charge is 0.389 e. The summed E-state index contributed by atoms with van der Waals surface area (Å²) in [6.45, 7) is 2.81. The first kappa shape index (κ1) is 16.3. The van der Waals surface area contributed by atoms with Gasteiger partial charge in [-0.05, 0) is 43.5 Å². The second-order valence-corrected chi connectivity index (χ2v) is 5.01. The number of hydrogen-bond acceptors (Lipinski definition) is 1. The summed E-state index contributed by atoms with van der Waals surface area (Å²) in [5, 5.41) is 3.88. The Morgan fingerprint density at radius 1 is 1.32 bits per heavy atom. The van der Waals surface area contributed by atoms with Crippen LogP contribution in [-0.4, -0.2) is 12.7 Å². The van der Waals surface area contributed by atoms with Crippen LogP contribution in [0.1, 0.15) is 44.2 Å². The van der Waals surface area contributed by atoms with Gasteiger partial charge >= 0.3 is 6.18 Å². The standard InChI is InChI=1S/C14H19ClF3N/c1-2-9-19-13(7-4-8-14(16,17)18)11-5-3-6-12(15)10-11/h3,5-6,10,13,19H,2,4,7-9H2,1H3. The number of hydrogen-bond donors (Lipinski definition) is 1. The molecule has 0 aromatic heterocycles. The van der Waals surface area contributed by atoms with Gasteiger partial charge in [-0.3, -0.25) is 0 Å². The molecule has 1 rings (SSSR count). The van der Waals surface area contributed by atoms with Gasteiger partial charge in [0.1, 0.15) is 0 Å². The molecular formula is C14H19ClF3N. The first-order chi connectivity index (χ1) is 8.92. The Balaban J connectivity index is 2.61. The highest BCUT2D eigenvalue weighted by Gasteiger charge is 2.26. The molecule has 0 heterocycles. The van der Waals surface area contributed by atoms with Gasteiger partial charge in [0.2, 0.25) is 0 Å². The second kappa shape index (κ2) is 7.75. The summed E-state index contributed by atoms with van der Waals surface area (Å²) in [4.78, 5) is 0. The molecule has 0 fully saturated rings. The summed E-state index contributed by atoms with van der Waals surface area (Å²) in [6, 6.07) is 7.22. The SMILES string of the molecule is CCCNC(CCCC(F)(F)F)c1cccc(Cl)c1. The second-order valence-electron chi connectivity index (χ2n) is 4.57. The summed E-state index contributed by atoms with van der Waals surface area (Å²) >= 11 is 5.92. The lowest BCUT2D eigenvalue weighted by atomic mass is 10.0. The maximum atomic E-state index is 12.2. The molecule has 1 aromatic rings. The van der Waals surface area contributed by atoms with E-state index in [2.05, 4.69) is 5.32 Å². The van der Waals surface area contributed by atoms with Crippen molar-refractivity contribution in [2.75, 3.05) is 6.54 Å². The number of alkyl halides is 3. The quantitative estimate of drug-likeness (QED) is 0.736. The van der Waals surface area contributed by atoms with Crippen molar-refractivity contribution in [2.24, 2.45) is 0 Å². The van der Waals surface area contributed by atoms with Crippen molar-refractivity contribution in [3.8, 4) is 0 Å². The zero-order chi connectivity index (χ0) is 14.3. The van der Waals surface area contributed by atoms with Crippen molar-refractivity contribution >= 4 is 11.6 Å². The van der Waals surface area contributed by atoms with Gasteiger partial charge < -0.3 is 5.32 Å². The van der Waals surface area contributed by atoms with Crippen LogP contribution in [0.15, 0.2) is 24.3 Å². The summed E-state index contributed by atoms with van der Waals surface area (Å²) < 4.78 is 36.5. The molecule has 1 atom stereocenters. The lowest BCUT2D eigenvalue weighted by molar-refractivity contribution is -0.135. The summed E-state index contributed by atoms with van der Waals surface area (Å²) in [5.41, 5.74) is 0.947. The molecule has 0 radical (unpaired) electrons. The van der Waals surface area contributed by atoms with Crippen LogP contribution in [-0.2, 0) is 0 Å². The first-order valence-corrected chi connectivity index (χ1v) is 6.86. The van der Waals surface area contributed by atoms with E-state index >= 15 is 0 Å². The fourth-order valence-electron chi connectivity index (χ4n) is 1.94. The fraction of sp³-hybridized carbons (Fsp3) is 0.571.